The highest BCUT2D eigenvalue weighted by atomic mass is 16.1. The van der Waals surface area contributed by atoms with Crippen molar-refractivity contribution in [3.05, 3.63) is 0 Å². The van der Waals surface area contributed by atoms with Crippen molar-refractivity contribution in [1.82, 2.24) is 0 Å². The van der Waals surface area contributed by atoms with E-state index in [1.165, 1.54) is 38.5 Å². The van der Waals surface area contributed by atoms with Gasteiger partial charge in [0, 0.05) is 12.3 Å². The van der Waals surface area contributed by atoms with Gasteiger partial charge in [-0.2, -0.15) is 0 Å². The van der Waals surface area contributed by atoms with Crippen molar-refractivity contribution in [1.29, 1.82) is 0 Å². The molecule has 0 aromatic carbocycles. The van der Waals surface area contributed by atoms with Gasteiger partial charge in [-0.1, -0.05) is 20.3 Å². The van der Waals surface area contributed by atoms with Crippen LogP contribution in [0.15, 0.2) is 0 Å². The van der Waals surface area contributed by atoms with Gasteiger partial charge in [0.1, 0.15) is 5.78 Å². The molecule has 2 atom stereocenters. The molecule has 2 saturated carbocycles. The Morgan fingerprint density at radius 3 is 2.40 bits per heavy atom. The maximum Gasteiger partial charge on any atom is 0.136 e. The maximum absolute atomic E-state index is 11.7. The van der Waals surface area contributed by atoms with Crippen LogP contribution in [0.2, 0.25) is 0 Å². The van der Waals surface area contributed by atoms with Crippen molar-refractivity contribution in [2.45, 2.75) is 58.8 Å². The largest absolute Gasteiger partial charge is 0.299 e. The molecule has 1 nitrogen and oxygen atoms in total. The molecule has 2 aliphatic carbocycles. The molecule has 0 radical (unpaired) electrons. The molecule has 2 fully saturated rings. The highest BCUT2D eigenvalue weighted by Gasteiger charge is 2.33. The van der Waals surface area contributed by atoms with E-state index in [1.54, 1.807) is 0 Å². The molecule has 2 aliphatic rings. The van der Waals surface area contributed by atoms with Crippen LogP contribution in [0.25, 0.3) is 0 Å². The number of carbonyl (C=O) groups excluding carboxylic acids is 1. The number of rotatable bonds is 5. The van der Waals surface area contributed by atoms with Crippen LogP contribution in [-0.4, -0.2) is 5.78 Å². The summed E-state index contributed by atoms with van der Waals surface area (Å²) in [4.78, 5) is 11.7. The average Bonchev–Trinajstić information content (AvgIpc) is 2.90. The van der Waals surface area contributed by atoms with E-state index in [4.69, 9.17) is 0 Å². The Bertz CT molecular complexity index is 227. The first kappa shape index (κ1) is 11.2. The second-order valence-corrected chi connectivity index (χ2v) is 6.12. The molecule has 86 valence electrons. The van der Waals surface area contributed by atoms with Gasteiger partial charge in [-0.3, -0.25) is 4.79 Å². The van der Waals surface area contributed by atoms with Crippen molar-refractivity contribution in [2.24, 2.45) is 23.7 Å². The lowest BCUT2D eigenvalue weighted by molar-refractivity contribution is -0.121. The van der Waals surface area contributed by atoms with Gasteiger partial charge in [0.15, 0.2) is 0 Å². The van der Waals surface area contributed by atoms with Crippen LogP contribution in [0.3, 0.4) is 0 Å². The maximum atomic E-state index is 11.7. The fraction of sp³-hybridized carbons (Fsp3) is 0.929. The van der Waals surface area contributed by atoms with E-state index < -0.39 is 0 Å². The van der Waals surface area contributed by atoms with Crippen LogP contribution < -0.4 is 0 Å². The van der Waals surface area contributed by atoms with E-state index in [0.717, 1.165) is 24.2 Å². The van der Waals surface area contributed by atoms with Gasteiger partial charge in [0.25, 0.3) is 0 Å². The first-order valence-corrected chi connectivity index (χ1v) is 6.68. The summed E-state index contributed by atoms with van der Waals surface area (Å²) < 4.78 is 0. The minimum atomic E-state index is 0.481. The molecule has 0 aromatic heterocycles. The fourth-order valence-corrected chi connectivity index (χ4v) is 3.10. The lowest BCUT2D eigenvalue weighted by Gasteiger charge is -2.12. The quantitative estimate of drug-likeness (QED) is 0.671. The van der Waals surface area contributed by atoms with Crippen LogP contribution in [-0.2, 0) is 4.79 Å². The zero-order chi connectivity index (χ0) is 10.8. The highest BCUT2D eigenvalue weighted by Crippen LogP contribution is 2.39. The van der Waals surface area contributed by atoms with E-state index in [1.807, 2.05) is 0 Å². The highest BCUT2D eigenvalue weighted by molar-refractivity contribution is 5.83. The van der Waals surface area contributed by atoms with Crippen molar-refractivity contribution < 1.29 is 4.79 Å². The second-order valence-electron chi connectivity index (χ2n) is 6.12. The fourth-order valence-electron chi connectivity index (χ4n) is 3.10. The Labute approximate surface area is 93.6 Å². The number of Topliss-reactive ketones (excluding diaryl/α,β-unsaturated/α-hetero) is 1. The van der Waals surface area contributed by atoms with Gasteiger partial charge in [-0.05, 0) is 49.9 Å². The third-order valence-electron chi connectivity index (χ3n) is 3.98. The molecule has 0 aromatic rings. The topological polar surface area (TPSA) is 17.1 Å². The summed E-state index contributed by atoms with van der Waals surface area (Å²) in [5.41, 5.74) is 0. The molecule has 1 unspecified atom stereocenters. The Balaban J connectivity index is 1.70. The predicted octanol–water partition coefficient (Wildman–Crippen LogP) is 3.82. The van der Waals surface area contributed by atoms with E-state index in [9.17, 15) is 4.79 Å². The Kier molecular flexibility index (Phi) is 3.48. The van der Waals surface area contributed by atoms with Gasteiger partial charge >= 0.3 is 0 Å². The summed E-state index contributed by atoms with van der Waals surface area (Å²) in [5, 5.41) is 0. The summed E-state index contributed by atoms with van der Waals surface area (Å²) in [6.45, 7) is 4.62. The minimum absolute atomic E-state index is 0.481. The smallest absolute Gasteiger partial charge is 0.136 e. The van der Waals surface area contributed by atoms with Gasteiger partial charge in [0.05, 0.1) is 0 Å². The molecular formula is C14H24O. The normalized spacial score (nSPS) is 31.1. The Hall–Kier alpha value is -0.330. The molecule has 0 bridgehead atoms. The molecule has 0 N–H and O–H groups in total. The molecule has 0 saturated heterocycles. The Morgan fingerprint density at radius 2 is 1.80 bits per heavy atom. The van der Waals surface area contributed by atoms with Crippen LogP contribution in [0.1, 0.15) is 58.8 Å². The SMILES string of the molecule is CC(C)CC1CC[C@@H](CC(=O)C2CC2)C1. The molecule has 0 heterocycles. The molecule has 0 aliphatic heterocycles. The number of hydrogen-bond donors (Lipinski definition) is 0. The molecular weight excluding hydrogens is 184 g/mol. The lowest BCUT2D eigenvalue weighted by atomic mass is 9.93. The summed E-state index contributed by atoms with van der Waals surface area (Å²) in [6.07, 6.45) is 8.66. The summed E-state index contributed by atoms with van der Waals surface area (Å²) in [7, 11) is 0. The van der Waals surface area contributed by atoms with Crippen molar-refractivity contribution in [2.75, 3.05) is 0 Å². The van der Waals surface area contributed by atoms with E-state index in [-0.39, 0.29) is 0 Å². The summed E-state index contributed by atoms with van der Waals surface area (Å²) >= 11 is 0. The number of carbonyl (C=O) groups is 1. The summed E-state index contributed by atoms with van der Waals surface area (Å²) in [6, 6.07) is 0. The van der Waals surface area contributed by atoms with Crippen LogP contribution in [0.4, 0.5) is 0 Å². The number of ketones is 1. The monoisotopic (exact) mass is 208 g/mol. The first-order valence-electron chi connectivity index (χ1n) is 6.68. The zero-order valence-corrected chi connectivity index (χ0v) is 10.2. The Morgan fingerprint density at radius 1 is 1.13 bits per heavy atom. The molecule has 0 amide bonds. The molecule has 0 spiro atoms. The van der Waals surface area contributed by atoms with E-state index >= 15 is 0 Å². The van der Waals surface area contributed by atoms with Gasteiger partial charge in [-0.25, -0.2) is 0 Å². The molecule has 2 rings (SSSR count). The third-order valence-corrected chi connectivity index (χ3v) is 3.98. The van der Waals surface area contributed by atoms with Crippen LogP contribution in [0.5, 0.6) is 0 Å². The van der Waals surface area contributed by atoms with Gasteiger partial charge in [-0.15, -0.1) is 0 Å². The molecule has 1 heteroatoms. The van der Waals surface area contributed by atoms with Crippen LogP contribution >= 0.6 is 0 Å². The van der Waals surface area contributed by atoms with E-state index in [0.29, 0.717) is 11.7 Å². The third kappa shape index (κ3) is 3.32. The zero-order valence-electron chi connectivity index (χ0n) is 10.2. The summed E-state index contributed by atoms with van der Waals surface area (Å²) in [5.74, 6) is 3.54. The van der Waals surface area contributed by atoms with Crippen molar-refractivity contribution in [3.63, 3.8) is 0 Å². The first-order chi connectivity index (χ1) is 7.15. The molecule has 15 heavy (non-hydrogen) atoms. The minimum Gasteiger partial charge on any atom is -0.299 e. The van der Waals surface area contributed by atoms with Gasteiger partial charge in [0.2, 0.25) is 0 Å². The second kappa shape index (κ2) is 4.67. The van der Waals surface area contributed by atoms with Crippen LogP contribution in [0, 0.1) is 23.7 Å². The van der Waals surface area contributed by atoms with Crippen molar-refractivity contribution in [3.8, 4) is 0 Å². The van der Waals surface area contributed by atoms with Gasteiger partial charge < -0.3 is 0 Å². The van der Waals surface area contributed by atoms with Crippen molar-refractivity contribution >= 4 is 5.78 Å². The van der Waals surface area contributed by atoms with E-state index in [2.05, 4.69) is 13.8 Å². The average molecular weight is 208 g/mol. The number of hydrogen-bond acceptors (Lipinski definition) is 1. The standard InChI is InChI=1S/C14H24O/c1-10(2)7-11-3-4-12(8-11)9-14(15)13-5-6-13/h10-13H,3-9H2,1-2H3/t11?,12-/m1/s1. The lowest BCUT2D eigenvalue weighted by Crippen LogP contribution is -2.08. The predicted molar refractivity (Wildman–Crippen MR) is 62.6 cm³/mol.